The molecule has 0 saturated heterocycles. The number of methoxy groups -OCH3 is 3. The molecule has 0 saturated carbocycles. The van der Waals surface area contributed by atoms with Gasteiger partial charge >= 0.3 is 5.97 Å². The smallest absolute Gasteiger partial charge is 0.356 e. The van der Waals surface area contributed by atoms with Crippen molar-refractivity contribution in [2.75, 3.05) is 27.9 Å². The number of H-pyrrole nitrogens is 1. The summed E-state index contributed by atoms with van der Waals surface area (Å²) in [5.74, 6) is 0.802. The molecular formula is C17H21ClN2O5. The van der Waals surface area contributed by atoms with Crippen LogP contribution in [-0.4, -0.2) is 38.9 Å². The van der Waals surface area contributed by atoms with Crippen LogP contribution in [0.4, 0.5) is 0 Å². The molecule has 136 valence electrons. The number of rotatable bonds is 7. The van der Waals surface area contributed by atoms with Crippen LogP contribution in [0.1, 0.15) is 23.1 Å². The first-order valence-electron chi connectivity index (χ1n) is 7.60. The molecule has 0 aliphatic rings. The fourth-order valence-corrected chi connectivity index (χ4v) is 2.94. The van der Waals surface area contributed by atoms with Gasteiger partial charge in [0.2, 0.25) is 5.75 Å². The van der Waals surface area contributed by atoms with Crippen molar-refractivity contribution in [3.8, 4) is 28.4 Å². The van der Waals surface area contributed by atoms with Gasteiger partial charge in [-0.25, -0.2) is 4.79 Å². The summed E-state index contributed by atoms with van der Waals surface area (Å²) >= 11 is 6.46. The normalized spacial score (nSPS) is 10.5. The van der Waals surface area contributed by atoms with Crippen molar-refractivity contribution in [2.24, 2.45) is 5.73 Å². The standard InChI is InChI=1S/C17H21ClN2O5/c1-5-25-17(21)14-13(18)12(10(8-19)20-14)9-6-7-11(22-2)16(24-4)15(9)23-3/h6-7,20H,5,8,19H2,1-4H3. The second-order valence-corrected chi connectivity index (χ2v) is 5.35. The molecule has 1 aromatic carbocycles. The second kappa shape index (κ2) is 8.13. The predicted octanol–water partition coefficient (Wildman–Crippen LogP) is 3.00. The molecule has 25 heavy (non-hydrogen) atoms. The van der Waals surface area contributed by atoms with Crippen LogP contribution >= 0.6 is 11.6 Å². The van der Waals surface area contributed by atoms with Crippen LogP contribution in [0.25, 0.3) is 11.1 Å². The molecule has 1 heterocycles. The quantitative estimate of drug-likeness (QED) is 0.729. The highest BCUT2D eigenvalue weighted by atomic mass is 35.5. The molecule has 0 fully saturated rings. The number of hydrogen-bond acceptors (Lipinski definition) is 6. The molecule has 2 aromatic rings. The van der Waals surface area contributed by atoms with Crippen molar-refractivity contribution >= 4 is 17.6 Å². The van der Waals surface area contributed by atoms with E-state index in [0.717, 1.165) is 0 Å². The number of esters is 1. The van der Waals surface area contributed by atoms with E-state index in [0.29, 0.717) is 34.1 Å². The van der Waals surface area contributed by atoms with Gasteiger partial charge in [0.05, 0.1) is 33.0 Å². The van der Waals surface area contributed by atoms with E-state index in [4.69, 9.17) is 36.3 Å². The minimum absolute atomic E-state index is 0.145. The van der Waals surface area contributed by atoms with Gasteiger partial charge in [-0.3, -0.25) is 0 Å². The van der Waals surface area contributed by atoms with Gasteiger partial charge in [-0.05, 0) is 19.1 Å². The Balaban J connectivity index is 2.72. The molecular weight excluding hydrogens is 348 g/mol. The maximum atomic E-state index is 12.1. The topological polar surface area (TPSA) is 95.8 Å². The largest absolute Gasteiger partial charge is 0.493 e. The maximum Gasteiger partial charge on any atom is 0.356 e. The van der Waals surface area contributed by atoms with Crippen LogP contribution in [0, 0.1) is 0 Å². The van der Waals surface area contributed by atoms with Crippen molar-refractivity contribution in [1.29, 1.82) is 0 Å². The van der Waals surface area contributed by atoms with Gasteiger partial charge in [-0.2, -0.15) is 0 Å². The highest BCUT2D eigenvalue weighted by Crippen LogP contribution is 2.47. The molecule has 0 aliphatic heterocycles. The molecule has 0 amide bonds. The summed E-state index contributed by atoms with van der Waals surface area (Å²) in [5.41, 5.74) is 7.74. The lowest BCUT2D eigenvalue weighted by molar-refractivity contribution is 0.0520. The van der Waals surface area contributed by atoms with Crippen LogP contribution in [-0.2, 0) is 11.3 Å². The Morgan fingerprint density at radius 3 is 2.36 bits per heavy atom. The van der Waals surface area contributed by atoms with Gasteiger partial charge in [0.15, 0.2) is 11.5 Å². The minimum atomic E-state index is -0.548. The predicted molar refractivity (Wildman–Crippen MR) is 94.7 cm³/mol. The lowest BCUT2D eigenvalue weighted by Crippen LogP contribution is -2.06. The zero-order valence-electron chi connectivity index (χ0n) is 14.6. The fourth-order valence-electron chi connectivity index (χ4n) is 2.60. The Bertz CT molecular complexity index is 773. The van der Waals surface area contributed by atoms with Gasteiger partial charge in [0.25, 0.3) is 0 Å². The molecule has 3 N–H and O–H groups in total. The van der Waals surface area contributed by atoms with E-state index in [-0.39, 0.29) is 23.9 Å². The van der Waals surface area contributed by atoms with E-state index in [2.05, 4.69) is 4.98 Å². The van der Waals surface area contributed by atoms with E-state index in [1.165, 1.54) is 21.3 Å². The van der Waals surface area contributed by atoms with Crippen molar-refractivity contribution in [3.63, 3.8) is 0 Å². The first-order chi connectivity index (χ1) is 12.0. The molecule has 1 aromatic heterocycles. The zero-order chi connectivity index (χ0) is 18.6. The summed E-state index contributed by atoms with van der Waals surface area (Å²) < 4.78 is 21.2. The van der Waals surface area contributed by atoms with Gasteiger partial charge in [-0.15, -0.1) is 0 Å². The number of benzene rings is 1. The molecule has 0 unspecified atom stereocenters. The van der Waals surface area contributed by atoms with Crippen LogP contribution in [0.5, 0.6) is 17.2 Å². The number of halogens is 1. The Morgan fingerprint density at radius 1 is 1.16 bits per heavy atom. The number of nitrogens with one attached hydrogen (secondary N) is 1. The third kappa shape index (κ3) is 3.38. The van der Waals surface area contributed by atoms with Gasteiger partial charge in [0, 0.05) is 23.4 Å². The van der Waals surface area contributed by atoms with Crippen molar-refractivity contribution in [1.82, 2.24) is 4.98 Å². The Labute approximate surface area is 151 Å². The fraction of sp³-hybridized carbons (Fsp3) is 0.353. The molecule has 0 spiro atoms. The summed E-state index contributed by atoms with van der Waals surface area (Å²) in [6.45, 7) is 2.10. The SMILES string of the molecule is CCOC(=O)c1[nH]c(CN)c(-c2ccc(OC)c(OC)c2OC)c1Cl. The maximum absolute atomic E-state index is 12.1. The average Bonchev–Trinajstić information content (AvgIpc) is 2.96. The molecule has 0 aliphatic carbocycles. The van der Waals surface area contributed by atoms with Crippen LogP contribution in [0.2, 0.25) is 5.02 Å². The molecule has 0 radical (unpaired) electrons. The third-order valence-electron chi connectivity index (χ3n) is 3.67. The summed E-state index contributed by atoms with van der Waals surface area (Å²) in [4.78, 5) is 15.0. The van der Waals surface area contributed by atoms with Crippen LogP contribution < -0.4 is 19.9 Å². The summed E-state index contributed by atoms with van der Waals surface area (Å²) in [7, 11) is 4.55. The Morgan fingerprint density at radius 2 is 1.84 bits per heavy atom. The minimum Gasteiger partial charge on any atom is -0.493 e. The number of ether oxygens (including phenoxy) is 4. The first kappa shape index (κ1) is 19.0. The highest BCUT2D eigenvalue weighted by molar-refractivity contribution is 6.36. The van der Waals surface area contributed by atoms with Gasteiger partial charge in [0.1, 0.15) is 5.69 Å². The van der Waals surface area contributed by atoms with E-state index in [1.54, 1.807) is 19.1 Å². The molecule has 0 bridgehead atoms. The number of hydrogen-bond donors (Lipinski definition) is 2. The second-order valence-electron chi connectivity index (χ2n) is 4.97. The number of carbonyl (C=O) groups excluding carboxylic acids is 1. The summed E-state index contributed by atoms with van der Waals surface area (Å²) in [6, 6.07) is 3.49. The lowest BCUT2D eigenvalue weighted by Gasteiger charge is -2.16. The highest BCUT2D eigenvalue weighted by Gasteiger charge is 2.26. The van der Waals surface area contributed by atoms with Crippen molar-refractivity contribution in [2.45, 2.75) is 13.5 Å². The van der Waals surface area contributed by atoms with Crippen LogP contribution in [0.3, 0.4) is 0 Å². The third-order valence-corrected chi connectivity index (χ3v) is 4.05. The van der Waals surface area contributed by atoms with E-state index in [9.17, 15) is 4.79 Å². The number of nitrogens with two attached hydrogens (primary N) is 1. The van der Waals surface area contributed by atoms with E-state index in [1.807, 2.05) is 0 Å². The first-order valence-corrected chi connectivity index (χ1v) is 7.98. The van der Waals surface area contributed by atoms with Gasteiger partial charge < -0.3 is 29.7 Å². The van der Waals surface area contributed by atoms with Gasteiger partial charge in [-0.1, -0.05) is 11.6 Å². The number of carbonyl (C=O) groups is 1. The zero-order valence-corrected chi connectivity index (χ0v) is 15.3. The Kier molecular flexibility index (Phi) is 6.17. The van der Waals surface area contributed by atoms with E-state index < -0.39 is 5.97 Å². The molecule has 2 rings (SSSR count). The number of aromatic nitrogens is 1. The van der Waals surface area contributed by atoms with Crippen molar-refractivity contribution in [3.05, 3.63) is 28.5 Å². The molecule has 8 heteroatoms. The Hall–Kier alpha value is -2.38. The summed E-state index contributed by atoms with van der Waals surface area (Å²) in [5, 5.41) is 0.212. The molecule has 0 atom stereocenters. The number of aromatic amines is 1. The monoisotopic (exact) mass is 368 g/mol. The molecule has 7 nitrogen and oxygen atoms in total. The lowest BCUT2D eigenvalue weighted by atomic mass is 10.0. The van der Waals surface area contributed by atoms with E-state index >= 15 is 0 Å². The van der Waals surface area contributed by atoms with Crippen LogP contribution in [0.15, 0.2) is 12.1 Å². The van der Waals surface area contributed by atoms with Crippen molar-refractivity contribution < 1.29 is 23.7 Å². The average molecular weight is 369 g/mol. The summed E-state index contributed by atoms with van der Waals surface area (Å²) in [6.07, 6.45) is 0.